The van der Waals surface area contributed by atoms with E-state index < -0.39 is 15.9 Å². The minimum atomic E-state index is -4.09. The first kappa shape index (κ1) is 13.3. The minimum Gasteiger partial charge on any atom is -0.499 e. The van der Waals surface area contributed by atoms with Crippen LogP contribution in [0.5, 0.6) is 0 Å². The maximum Gasteiger partial charge on any atom is 0.300 e. The van der Waals surface area contributed by atoms with Gasteiger partial charge in [0.25, 0.3) is 10.1 Å². The van der Waals surface area contributed by atoms with E-state index in [2.05, 4.69) is 11.0 Å². The van der Waals surface area contributed by atoms with Crippen LogP contribution in [0, 0.1) is 0 Å². The molecule has 0 saturated heterocycles. The van der Waals surface area contributed by atoms with E-state index in [4.69, 9.17) is 9.47 Å². The highest BCUT2D eigenvalue weighted by Gasteiger charge is 2.12. The van der Waals surface area contributed by atoms with E-state index in [1.54, 1.807) is 6.92 Å². The average Bonchev–Trinajstić information content (AvgIpc) is 2.14. The van der Waals surface area contributed by atoms with Gasteiger partial charge in [-0.25, -0.2) is 0 Å². The average molecular weight is 228 g/mol. The van der Waals surface area contributed by atoms with Crippen LogP contribution in [-0.2, 0) is 24.0 Å². The Bertz CT molecular complexity index is 251. The normalized spacial score (nSPS) is 13.6. The lowest BCUT2D eigenvalue weighted by Crippen LogP contribution is -2.20. The van der Waals surface area contributed by atoms with Gasteiger partial charge in [-0.2, -0.15) is 8.42 Å². The van der Waals surface area contributed by atoms with Crippen LogP contribution >= 0.6 is 0 Å². The molecule has 84 valence electrons. The van der Waals surface area contributed by atoms with Gasteiger partial charge in [-0.15, -0.1) is 0 Å². The summed E-state index contributed by atoms with van der Waals surface area (Å²) in [5.74, 6) is -0.526. The van der Waals surface area contributed by atoms with Gasteiger partial charge in [-0.1, -0.05) is 11.0 Å². The lowest BCUT2D eigenvalue weighted by molar-refractivity contribution is -0.00233. The van der Waals surface area contributed by atoms with E-state index in [0.29, 0.717) is 0 Å². The van der Waals surface area contributed by atoms with Crippen LogP contribution < -0.4 is 0 Å². The van der Waals surface area contributed by atoms with Crippen molar-refractivity contribution >= 4 is 10.1 Å². The number of hydrogen-bond donors (Lipinski definition) is 0. The second-order valence-corrected chi connectivity index (χ2v) is 4.16. The van der Waals surface area contributed by atoms with Crippen molar-refractivity contribution in [3.8, 4) is 0 Å². The molecule has 0 bridgehead atoms. The Labute approximate surface area is 82.5 Å². The summed E-state index contributed by atoms with van der Waals surface area (Å²) < 4.78 is 44.8. The summed E-state index contributed by atoms with van der Waals surface area (Å²) in [5, 5.41) is 0. The Morgan fingerprint density at radius 2 is 2.21 bits per heavy atom. The third kappa shape index (κ3) is 6.81. The predicted octanol–water partition coefficient (Wildman–Crippen LogP) is 0.783. The molecule has 0 heterocycles. The Balaban J connectivity index is 3.58. The molecule has 0 amide bonds. The molecule has 7 heteroatoms. The topological polar surface area (TPSA) is 61.8 Å². The highest BCUT2D eigenvalue weighted by atomic mass is 32.2. The van der Waals surface area contributed by atoms with Gasteiger partial charge in [0, 0.05) is 0 Å². The molecule has 1 atom stereocenters. The zero-order valence-corrected chi connectivity index (χ0v) is 8.63. The van der Waals surface area contributed by atoms with E-state index in [-0.39, 0.29) is 19.3 Å². The van der Waals surface area contributed by atoms with E-state index in [1.807, 2.05) is 0 Å². The van der Waals surface area contributed by atoms with Crippen molar-refractivity contribution in [1.29, 1.82) is 0 Å². The molecule has 1 unspecified atom stereocenters. The monoisotopic (exact) mass is 228 g/mol. The zero-order chi connectivity index (χ0) is 11.0. The van der Waals surface area contributed by atoms with Gasteiger partial charge in [0.05, 0.1) is 19.0 Å². The second-order valence-electron chi connectivity index (χ2n) is 2.51. The van der Waals surface area contributed by atoms with Crippen LogP contribution in [0.15, 0.2) is 12.8 Å². The van der Waals surface area contributed by atoms with Crippen LogP contribution in [0.3, 0.4) is 0 Å². The van der Waals surface area contributed by atoms with Gasteiger partial charge in [-0.3, -0.25) is 0 Å². The molecule has 0 radical (unpaired) electrons. The third-order valence-corrected chi connectivity index (χ3v) is 2.14. The van der Waals surface area contributed by atoms with Gasteiger partial charge >= 0.3 is 0 Å². The predicted molar refractivity (Wildman–Crippen MR) is 47.5 cm³/mol. The summed E-state index contributed by atoms with van der Waals surface area (Å²) in [6, 6.07) is 0. The van der Waals surface area contributed by atoms with Gasteiger partial charge in [0.15, 0.2) is 0 Å². The first-order valence-corrected chi connectivity index (χ1v) is 5.46. The van der Waals surface area contributed by atoms with Crippen LogP contribution in [0.2, 0.25) is 0 Å². The number of halogens is 1. The van der Waals surface area contributed by atoms with Crippen molar-refractivity contribution in [3.63, 3.8) is 0 Å². The molecule has 0 aromatic rings. The Kier molecular flexibility index (Phi) is 6.43. The first-order valence-electron chi connectivity index (χ1n) is 3.89. The third-order valence-electron chi connectivity index (χ3n) is 1.28. The summed E-state index contributed by atoms with van der Waals surface area (Å²) in [6.45, 7) is 5.13. The molecular weight excluding hydrogens is 215 g/mol. The highest BCUT2D eigenvalue weighted by Crippen LogP contribution is 1.97. The smallest absolute Gasteiger partial charge is 0.300 e. The molecule has 5 nitrogen and oxygen atoms in total. The van der Waals surface area contributed by atoms with E-state index >= 15 is 0 Å². The number of ether oxygens (including phenoxy) is 2. The summed E-state index contributed by atoms with van der Waals surface area (Å²) in [7, 11) is -4.09. The molecule has 0 fully saturated rings. The van der Waals surface area contributed by atoms with Crippen molar-refractivity contribution in [2.75, 3.05) is 19.0 Å². The lowest BCUT2D eigenvalue weighted by atomic mass is 10.4. The molecule has 0 N–H and O–H groups in total. The molecule has 0 rings (SSSR count). The standard InChI is InChI=1S/C7H13FO5S/c1-3-11-6-7(2)12-4-5-14(9,10)13-8/h3,7H,1,4-6H2,2H3. The van der Waals surface area contributed by atoms with Crippen LogP contribution in [-0.4, -0.2) is 33.5 Å². The molecule has 0 saturated carbocycles. The van der Waals surface area contributed by atoms with Crippen LogP contribution in [0.25, 0.3) is 0 Å². The van der Waals surface area contributed by atoms with E-state index in [1.165, 1.54) is 6.26 Å². The lowest BCUT2D eigenvalue weighted by Gasteiger charge is -2.11. The number of hydrogen-bond acceptors (Lipinski definition) is 5. The molecule has 14 heavy (non-hydrogen) atoms. The van der Waals surface area contributed by atoms with Crippen molar-refractivity contribution in [2.45, 2.75) is 13.0 Å². The molecule has 0 aromatic carbocycles. The van der Waals surface area contributed by atoms with E-state index in [9.17, 15) is 12.9 Å². The fraction of sp³-hybridized carbons (Fsp3) is 0.714. The van der Waals surface area contributed by atoms with Crippen LogP contribution in [0.4, 0.5) is 4.53 Å². The maximum atomic E-state index is 11.3. The number of rotatable bonds is 8. The Morgan fingerprint density at radius 3 is 2.71 bits per heavy atom. The first-order chi connectivity index (χ1) is 6.52. The molecule has 0 spiro atoms. The minimum absolute atomic E-state index is 0.145. The second kappa shape index (κ2) is 6.74. The van der Waals surface area contributed by atoms with Crippen molar-refractivity contribution in [2.24, 2.45) is 0 Å². The fourth-order valence-electron chi connectivity index (χ4n) is 0.635. The highest BCUT2D eigenvalue weighted by molar-refractivity contribution is 7.86. The molecule has 0 aliphatic rings. The molecular formula is C7H13FO5S. The van der Waals surface area contributed by atoms with Crippen molar-refractivity contribution < 1.29 is 26.8 Å². The summed E-state index contributed by atoms with van der Waals surface area (Å²) in [4.78, 5) is 0. The largest absolute Gasteiger partial charge is 0.499 e. The Hall–Kier alpha value is -0.660. The van der Waals surface area contributed by atoms with Gasteiger partial charge in [0.1, 0.15) is 12.4 Å². The maximum absolute atomic E-state index is 11.3. The van der Waals surface area contributed by atoms with Gasteiger partial charge < -0.3 is 9.47 Å². The summed E-state index contributed by atoms with van der Waals surface area (Å²) in [6.07, 6.45) is 0.962. The molecule has 0 aliphatic carbocycles. The van der Waals surface area contributed by atoms with Crippen LogP contribution in [0.1, 0.15) is 6.92 Å². The summed E-state index contributed by atoms with van der Waals surface area (Å²) >= 11 is 0. The molecule has 0 aromatic heterocycles. The SMILES string of the molecule is C=COCC(C)OCCS(=O)(=O)OF. The van der Waals surface area contributed by atoms with Crippen molar-refractivity contribution in [3.05, 3.63) is 12.8 Å². The zero-order valence-electron chi connectivity index (χ0n) is 7.81. The summed E-state index contributed by atoms with van der Waals surface area (Å²) in [5.41, 5.74) is 0. The van der Waals surface area contributed by atoms with E-state index in [0.717, 1.165) is 0 Å². The fourth-order valence-corrected chi connectivity index (χ4v) is 0.998. The van der Waals surface area contributed by atoms with Crippen molar-refractivity contribution in [1.82, 2.24) is 0 Å². The van der Waals surface area contributed by atoms with Gasteiger partial charge in [-0.05, 0) is 11.4 Å². The Morgan fingerprint density at radius 1 is 1.57 bits per heavy atom. The van der Waals surface area contributed by atoms with Gasteiger partial charge in [0.2, 0.25) is 0 Å². The molecule has 0 aliphatic heterocycles. The quantitative estimate of drug-likeness (QED) is 0.574.